The number of nitrogens with zero attached hydrogens (tertiary/aromatic N) is 5. The van der Waals surface area contributed by atoms with Crippen LogP contribution in [0.4, 0.5) is 0 Å². The summed E-state index contributed by atoms with van der Waals surface area (Å²) >= 11 is 0. The van der Waals surface area contributed by atoms with Gasteiger partial charge in [-0.15, -0.1) is 10.2 Å². The van der Waals surface area contributed by atoms with Crippen molar-refractivity contribution in [2.24, 2.45) is 5.41 Å². The molecule has 2 aromatic carbocycles. The summed E-state index contributed by atoms with van der Waals surface area (Å²) in [6.45, 7) is 7.68. The summed E-state index contributed by atoms with van der Waals surface area (Å²) in [4.78, 5) is 18.1. The van der Waals surface area contributed by atoms with Crippen molar-refractivity contribution in [3.63, 3.8) is 0 Å². The number of carbonyl (C=O) groups is 1. The Morgan fingerprint density at radius 1 is 1.03 bits per heavy atom. The minimum atomic E-state index is -0.639. The lowest BCUT2D eigenvalue weighted by Crippen LogP contribution is -2.26. The summed E-state index contributed by atoms with van der Waals surface area (Å²) < 4.78 is 8.33. The van der Waals surface area contributed by atoms with Gasteiger partial charge in [0.05, 0.1) is 16.8 Å². The van der Waals surface area contributed by atoms with Gasteiger partial charge in [0.1, 0.15) is 5.65 Å². The highest BCUT2D eigenvalue weighted by Gasteiger charge is 2.31. The van der Waals surface area contributed by atoms with Gasteiger partial charge in [-0.25, -0.2) is 4.98 Å². The number of aryl methyl sites for hydroxylation is 1. The van der Waals surface area contributed by atoms with Crippen molar-refractivity contribution < 1.29 is 9.53 Å². The molecule has 3 heterocycles. The minimum Gasteiger partial charge on any atom is -0.451 e. The van der Waals surface area contributed by atoms with Gasteiger partial charge in [0, 0.05) is 17.7 Å². The third kappa shape index (κ3) is 4.47. The zero-order valence-corrected chi connectivity index (χ0v) is 22.0. The van der Waals surface area contributed by atoms with Crippen molar-refractivity contribution >= 4 is 11.6 Å². The van der Waals surface area contributed by atoms with Gasteiger partial charge >= 0.3 is 5.97 Å². The first-order valence-corrected chi connectivity index (χ1v) is 12.9. The van der Waals surface area contributed by atoms with Crippen LogP contribution >= 0.6 is 0 Å². The fourth-order valence-corrected chi connectivity index (χ4v) is 4.65. The van der Waals surface area contributed by atoms with E-state index in [1.54, 1.807) is 0 Å². The van der Waals surface area contributed by atoms with Crippen molar-refractivity contribution in [1.29, 1.82) is 0 Å². The molecule has 1 saturated carbocycles. The topological polar surface area (TPSA) is 98.1 Å². The average molecular weight is 507 g/mol. The number of nitrogens with one attached hydrogen (secondary N) is 1. The molecule has 1 aliphatic carbocycles. The average Bonchev–Trinajstić information content (AvgIpc) is 3.42. The first-order valence-electron chi connectivity index (χ1n) is 12.9. The lowest BCUT2D eigenvalue weighted by molar-refractivity contribution is -0.157. The summed E-state index contributed by atoms with van der Waals surface area (Å²) in [5.74, 6) is 0.803. The zero-order chi connectivity index (χ0) is 26.4. The highest BCUT2D eigenvalue weighted by Crippen LogP contribution is 2.40. The van der Waals surface area contributed by atoms with Gasteiger partial charge in [0.2, 0.25) is 5.82 Å². The van der Waals surface area contributed by atoms with Crippen LogP contribution in [-0.2, 0) is 9.53 Å². The fraction of sp³-hybridized carbons (Fsp3) is 0.300. The number of aromatic nitrogens is 6. The molecule has 3 aromatic heterocycles. The van der Waals surface area contributed by atoms with Crippen molar-refractivity contribution in [2.45, 2.75) is 52.6 Å². The standard InChI is InChI=1S/C30H30N6O2/c1-18-9-16-25(36-17-24(20-12-13-20)31-28(18)36)26(38-29(37)30(2,3)4)21-14-10-19(11-15-21)22-7-5-6-8-23(22)27-32-34-35-33-27/h5-11,14-17,20,26H,12-13H2,1-4H3,(H,32,33,34,35)/t26-/m1/s1. The first-order chi connectivity index (χ1) is 18.3. The number of ether oxygens (including phenoxy) is 1. The quantitative estimate of drug-likeness (QED) is 0.282. The number of fused-ring (bicyclic) bond motifs is 1. The van der Waals surface area contributed by atoms with E-state index < -0.39 is 11.5 Å². The Bertz CT molecular complexity index is 1610. The summed E-state index contributed by atoms with van der Waals surface area (Å²) in [5, 5.41) is 14.5. The van der Waals surface area contributed by atoms with Crippen LogP contribution < -0.4 is 0 Å². The fourth-order valence-electron chi connectivity index (χ4n) is 4.65. The summed E-state index contributed by atoms with van der Waals surface area (Å²) in [6, 6.07) is 20.2. The van der Waals surface area contributed by atoms with E-state index >= 15 is 0 Å². The lowest BCUT2D eigenvalue weighted by atomic mass is 9.95. The maximum Gasteiger partial charge on any atom is 0.312 e. The van der Waals surface area contributed by atoms with Crippen LogP contribution in [0.2, 0.25) is 0 Å². The van der Waals surface area contributed by atoms with E-state index in [4.69, 9.17) is 9.72 Å². The van der Waals surface area contributed by atoms with E-state index in [9.17, 15) is 4.79 Å². The number of hydrogen-bond acceptors (Lipinski definition) is 6. The van der Waals surface area contributed by atoms with E-state index in [1.165, 1.54) is 12.8 Å². The van der Waals surface area contributed by atoms with Crippen LogP contribution in [0.15, 0.2) is 66.9 Å². The first kappa shape index (κ1) is 24.0. The van der Waals surface area contributed by atoms with Gasteiger partial charge < -0.3 is 4.74 Å². The molecule has 1 aliphatic rings. The highest BCUT2D eigenvalue weighted by molar-refractivity contribution is 5.80. The Hall–Kier alpha value is -4.33. The molecule has 5 aromatic rings. The predicted molar refractivity (Wildman–Crippen MR) is 144 cm³/mol. The second-order valence-electron chi connectivity index (χ2n) is 11.0. The molecule has 8 nitrogen and oxygen atoms in total. The number of imidazole rings is 1. The van der Waals surface area contributed by atoms with Crippen LogP contribution in [0.25, 0.3) is 28.2 Å². The van der Waals surface area contributed by atoms with E-state index in [2.05, 4.69) is 44.2 Å². The second-order valence-corrected chi connectivity index (χ2v) is 11.0. The van der Waals surface area contributed by atoms with E-state index in [0.717, 1.165) is 44.9 Å². The van der Waals surface area contributed by atoms with Crippen molar-refractivity contribution in [3.05, 3.63) is 89.4 Å². The van der Waals surface area contributed by atoms with Crippen LogP contribution in [0.5, 0.6) is 0 Å². The highest BCUT2D eigenvalue weighted by atomic mass is 16.5. The van der Waals surface area contributed by atoms with Gasteiger partial charge in [0.25, 0.3) is 0 Å². The largest absolute Gasteiger partial charge is 0.451 e. The van der Waals surface area contributed by atoms with Gasteiger partial charge in [-0.1, -0.05) is 54.6 Å². The monoisotopic (exact) mass is 506 g/mol. The molecule has 6 rings (SSSR count). The molecule has 1 N–H and O–H groups in total. The number of hydrogen-bond donors (Lipinski definition) is 1. The molecular formula is C30H30N6O2. The number of benzene rings is 2. The number of rotatable bonds is 6. The molecule has 0 amide bonds. The summed E-state index contributed by atoms with van der Waals surface area (Å²) in [6.07, 6.45) is 3.87. The smallest absolute Gasteiger partial charge is 0.312 e. The molecule has 192 valence electrons. The van der Waals surface area contributed by atoms with Crippen molar-refractivity contribution in [1.82, 2.24) is 30.0 Å². The number of aromatic amines is 1. The summed E-state index contributed by atoms with van der Waals surface area (Å²) in [5.41, 5.74) is 7.11. The van der Waals surface area contributed by atoms with Crippen molar-refractivity contribution in [3.8, 4) is 22.5 Å². The molecule has 0 unspecified atom stereocenters. The van der Waals surface area contributed by atoms with Gasteiger partial charge in [-0.05, 0) is 74.1 Å². The predicted octanol–water partition coefficient (Wildman–Crippen LogP) is 6.05. The third-order valence-electron chi connectivity index (χ3n) is 7.00. The number of H-pyrrole nitrogens is 1. The normalized spacial score (nSPS) is 14.5. The number of tetrazole rings is 1. The Labute approximate surface area is 221 Å². The number of esters is 1. The van der Waals surface area contributed by atoms with E-state index in [1.807, 2.05) is 75.4 Å². The molecule has 0 saturated heterocycles. The van der Waals surface area contributed by atoms with Crippen LogP contribution in [0, 0.1) is 12.3 Å². The van der Waals surface area contributed by atoms with Crippen LogP contribution in [-0.4, -0.2) is 36.0 Å². The Morgan fingerprint density at radius 2 is 1.76 bits per heavy atom. The molecule has 1 fully saturated rings. The molecule has 0 aliphatic heterocycles. The Morgan fingerprint density at radius 3 is 2.42 bits per heavy atom. The summed E-state index contributed by atoms with van der Waals surface area (Å²) in [7, 11) is 0. The van der Waals surface area contributed by atoms with E-state index in [-0.39, 0.29) is 5.97 Å². The number of pyridine rings is 1. The zero-order valence-electron chi connectivity index (χ0n) is 22.0. The maximum absolute atomic E-state index is 13.1. The van der Waals surface area contributed by atoms with Crippen LogP contribution in [0.1, 0.15) is 68.1 Å². The SMILES string of the molecule is Cc1ccc([C@H](OC(=O)C(C)(C)C)c2ccc(-c3ccccc3-c3nn[nH]n3)cc2)n2cc(C3CC3)nc12. The molecule has 0 radical (unpaired) electrons. The maximum atomic E-state index is 13.1. The lowest BCUT2D eigenvalue weighted by Gasteiger charge is -2.25. The van der Waals surface area contributed by atoms with Crippen molar-refractivity contribution in [2.75, 3.05) is 0 Å². The third-order valence-corrected chi connectivity index (χ3v) is 7.00. The minimum absolute atomic E-state index is 0.259. The second kappa shape index (κ2) is 9.20. The molecule has 0 spiro atoms. The number of carbonyl (C=O) groups excluding carboxylic acids is 1. The van der Waals surface area contributed by atoms with E-state index in [0.29, 0.717) is 11.7 Å². The molecule has 8 heteroatoms. The van der Waals surface area contributed by atoms with Crippen LogP contribution in [0.3, 0.4) is 0 Å². The van der Waals surface area contributed by atoms with Gasteiger partial charge in [-0.2, -0.15) is 5.21 Å². The molecular weight excluding hydrogens is 476 g/mol. The Balaban J connectivity index is 1.43. The van der Waals surface area contributed by atoms with Gasteiger partial charge in [-0.3, -0.25) is 9.20 Å². The Kier molecular flexibility index (Phi) is 5.82. The molecule has 1 atom stereocenters. The molecule has 38 heavy (non-hydrogen) atoms. The molecule has 0 bridgehead atoms. The van der Waals surface area contributed by atoms with Gasteiger partial charge in [0.15, 0.2) is 6.10 Å².